The van der Waals surface area contributed by atoms with Crippen LogP contribution < -0.4 is 5.73 Å². The highest BCUT2D eigenvalue weighted by molar-refractivity contribution is 5.83. The van der Waals surface area contributed by atoms with Crippen molar-refractivity contribution in [3.05, 3.63) is 0 Å². The molecule has 0 aromatic rings. The van der Waals surface area contributed by atoms with Crippen LogP contribution in [0.1, 0.15) is 45.4 Å². The molecule has 108 valence electrons. The summed E-state index contributed by atoms with van der Waals surface area (Å²) in [6, 6.07) is 0.663. The Kier molecular flexibility index (Phi) is 3.56. The maximum atomic E-state index is 12.9. The molecule has 0 bridgehead atoms. The van der Waals surface area contributed by atoms with Crippen LogP contribution in [0.15, 0.2) is 0 Å². The van der Waals surface area contributed by atoms with E-state index in [-0.39, 0.29) is 11.5 Å². The molecule has 1 amide bonds. The third-order valence-electron chi connectivity index (χ3n) is 5.61. The molecule has 3 unspecified atom stereocenters. The maximum absolute atomic E-state index is 12.9. The Hall–Kier alpha value is -0.610. The minimum Gasteiger partial charge on any atom is -0.341 e. The van der Waals surface area contributed by atoms with Gasteiger partial charge in [0.2, 0.25) is 5.91 Å². The molecule has 0 aromatic heterocycles. The zero-order chi connectivity index (χ0) is 13.5. The van der Waals surface area contributed by atoms with E-state index in [0.29, 0.717) is 11.9 Å². The molecule has 2 aliphatic heterocycles. The number of hydrogen-bond acceptors (Lipinski definition) is 3. The van der Waals surface area contributed by atoms with Crippen molar-refractivity contribution < 1.29 is 4.79 Å². The standard InChI is InChI=1S/C15H27N3O/c1-15(7-2-6-13(15)16)14(19)18-10-4-9-17-8-3-5-12(17)11-18/h12-13H,2-11,16H2,1H3. The lowest BCUT2D eigenvalue weighted by atomic mass is 9.83. The van der Waals surface area contributed by atoms with Gasteiger partial charge in [-0.3, -0.25) is 9.69 Å². The van der Waals surface area contributed by atoms with Gasteiger partial charge in [0.05, 0.1) is 5.41 Å². The molecule has 3 aliphatic rings. The van der Waals surface area contributed by atoms with E-state index in [9.17, 15) is 4.79 Å². The summed E-state index contributed by atoms with van der Waals surface area (Å²) in [6.45, 7) is 6.33. The van der Waals surface area contributed by atoms with Crippen molar-refractivity contribution >= 4 is 5.91 Å². The van der Waals surface area contributed by atoms with Crippen LogP contribution in [0.5, 0.6) is 0 Å². The van der Waals surface area contributed by atoms with Crippen LogP contribution in [0.25, 0.3) is 0 Å². The monoisotopic (exact) mass is 265 g/mol. The Balaban J connectivity index is 1.72. The van der Waals surface area contributed by atoms with Crippen LogP contribution in [0.2, 0.25) is 0 Å². The van der Waals surface area contributed by atoms with Crippen LogP contribution in [0, 0.1) is 5.41 Å². The summed E-state index contributed by atoms with van der Waals surface area (Å²) in [4.78, 5) is 17.6. The number of fused-ring (bicyclic) bond motifs is 1. The summed E-state index contributed by atoms with van der Waals surface area (Å²) in [6.07, 6.45) is 6.75. The number of carbonyl (C=O) groups is 1. The highest BCUT2D eigenvalue weighted by Gasteiger charge is 2.46. The van der Waals surface area contributed by atoms with E-state index in [0.717, 1.165) is 45.3 Å². The normalized spacial score (nSPS) is 40.2. The number of carbonyl (C=O) groups excluding carboxylic acids is 1. The van der Waals surface area contributed by atoms with Crippen LogP contribution in [0.3, 0.4) is 0 Å². The molecule has 0 radical (unpaired) electrons. The second-order valence-electron chi connectivity index (χ2n) is 6.85. The van der Waals surface area contributed by atoms with Gasteiger partial charge in [0.1, 0.15) is 0 Å². The molecular weight excluding hydrogens is 238 g/mol. The zero-order valence-electron chi connectivity index (χ0n) is 12.1. The summed E-state index contributed by atoms with van der Waals surface area (Å²) in [7, 11) is 0. The third kappa shape index (κ3) is 2.29. The predicted molar refractivity (Wildman–Crippen MR) is 75.7 cm³/mol. The van der Waals surface area contributed by atoms with Gasteiger partial charge < -0.3 is 10.6 Å². The van der Waals surface area contributed by atoms with E-state index in [1.165, 1.54) is 19.4 Å². The average molecular weight is 265 g/mol. The van der Waals surface area contributed by atoms with E-state index < -0.39 is 0 Å². The van der Waals surface area contributed by atoms with E-state index >= 15 is 0 Å². The van der Waals surface area contributed by atoms with Crippen LogP contribution >= 0.6 is 0 Å². The van der Waals surface area contributed by atoms with Crippen LogP contribution in [-0.2, 0) is 4.79 Å². The first kappa shape index (κ1) is 13.4. The second kappa shape index (κ2) is 5.06. The summed E-state index contributed by atoms with van der Waals surface area (Å²) in [5.41, 5.74) is 5.91. The van der Waals surface area contributed by atoms with Gasteiger partial charge in [0.15, 0.2) is 0 Å². The Labute approximate surface area is 116 Å². The summed E-state index contributed by atoms with van der Waals surface area (Å²) in [5, 5.41) is 0. The van der Waals surface area contributed by atoms with Crippen molar-refractivity contribution in [1.29, 1.82) is 0 Å². The number of amides is 1. The predicted octanol–water partition coefficient (Wildman–Crippen LogP) is 1.20. The molecule has 1 aliphatic carbocycles. The SMILES string of the molecule is CC1(C(=O)N2CCCN3CCCC3C2)CCCC1N. The van der Waals surface area contributed by atoms with Gasteiger partial charge in [0, 0.05) is 31.7 Å². The zero-order valence-corrected chi connectivity index (χ0v) is 12.1. The van der Waals surface area contributed by atoms with Crippen molar-refractivity contribution in [3.8, 4) is 0 Å². The molecular formula is C15H27N3O. The van der Waals surface area contributed by atoms with Gasteiger partial charge in [0.25, 0.3) is 0 Å². The minimum atomic E-state index is -0.298. The van der Waals surface area contributed by atoms with Crippen molar-refractivity contribution in [3.63, 3.8) is 0 Å². The smallest absolute Gasteiger partial charge is 0.230 e. The maximum Gasteiger partial charge on any atom is 0.230 e. The van der Waals surface area contributed by atoms with Gasteiger partial charge in [-0.2, -0.15) is 0 Å². The molecule has 4 nitrogen and oxygen atoms in total. The summed E-state index contributed by atoms with van der Waals surface area (Å²) < 4.78 is 0. The fourth-order valence-electron chi connectivity index (χ4n) is 4.21. The molecule has 3 fully saturated rings. The minimum absolute atomic E-state index is 0.0583. The van der Waals surface area contributed by atoms with Gasteiger partial charge >= 0.3 is 0 Å². The molecule has 0 spiro atoms. The molecule has 0 aromatic carbocycles. The van der Waals surface area contributed by atoms with Gasteiger partial charge in [-0.1, -0.05) is 6.42 Å². The van der Waals surface area contributed by atoms with Crippen molar-refractivity contribution in [2.75, 3.05) is 26.2 Å². The Morgan fingerprint density at radius 1 is 1.16 bits per heavy atom. The summed E-state index contributed by atoms with van der Waals surface area (Å²) >= 11 is 0. The highest BCUT2D eigenvalue weighted by atomic mass is 16.2. The van der Waals surface area contributed by atoms with Gasteiger partial charge in [-0.05, 0) is 45.6 Å². The van der Waals surface area contributed by atoms with E-state index in [2.05, 4.69) is 16.7 Å². The average Bonchev–Trinajstić information content (AvgIpc) is 2.91. The quantitative estimate of drug-likeness (QED) is 0.775. The van der Waals surface area contributed by atoms with E-state index in [1.807, 2.05) is 0 Å². The lowest BCUT2D eigenvalue weighted by Crippen LogP contribution is -2.51. The molecule has 3 atom stereocenters. The topological polar surface area (TPSA) is 49.6 Å². The Morgan fingerprint density at radius 3 is 2.68 bits per heavy atom. The van der Waals surface area contributed by atoms with Crippen molar-refractivity contribution in [2.24, 2.45) is 11.1 Å². The lowest BCUT2D eigenvalue weighted by Gasteiger charge is -2.35. The third-order valence-corrected chi connectivity index (χ3v) is 5.61. The van der Waals surface area contributed by atoms with Crippen LogP contribution in [0.4, 0.5) is 0 Å². The van der Waals surface area contributed by atoms with Crippen molar-refractivity contribution in [2.45, 2.75) is 57.5 Å². The Bertz CT molecular complexity index is 359. The number of hydrogen-bond donors (Lipinski definition) is 1. The Morgan fingerprint density at radius 2 is 1.95 bits per heavy atom. The molecule has 19 heavy (non-hydrogen) atoms. The molecule has 1 saturated carbocycles. The van der Waals surface area contributed by atoms with Gasteiger partial charge in [-0.25, -0.2) is 0 Å². The first-order chi connectivity index (χ1) is 9.11. The number of rotatable bonds is 1. The first-order valence-corrected chi connectivity index (χ1v) is 7.90. The van der Waals surface area contributed by atoms with E-state index in [4.69, 9.17) is 5.73 Å². The fraction of sp³-hybridized carbons (Fsp3) is 0.933. The fourth-order valence-corrected chi connectivity index (χ4v) is 4.21. The number of nitrogens with two attached hydrogens (primary N) is 1. The molecule has 4 heteroatoms. The highest BCUT2D eigenvalue weighted by Crippen LogP contribution is 2.39. The lowest BCUT2D eigenvalue weighted by molar-refractivity contribution is -0.141. The molecule has 3 rings (SSSR count). The summed E-state index contributed by atoms with van der Waals surface area (Å²) in [5.74, 6) is 0.325. The van der Waals surface area contributed by atoms with Crippen LogP contribution in [-0.4, -0.2) is 54.0 Å². The van der Waals surface area contributed by atoms with E-state index in [1.54, 1.807) is 0 Å². The molecule has 2 N–H and O–H groups in total. The second-order valence-corrected chi connectivity index (χ2v) is 6.85. The largest absolute Gasteiger partial charge is 0.341 e. The molecule has 2 heterocycles. The first-order valence-electron chi connectivity index (χ1n) is 7.90. The van der Waals surface area contributed by atoms with Gasteiger partial charge in [-0.15, -0.1) is 0 Å². The number of nitrogens with zero attached hydrogens (tertiary/aromatic N) is 2. The van der Waals surface area contributed by atoms with Crippen molar-refractivity contribution in [1.82, 2.24) is 9.80 Å². The molecule has 2 saturated heterocycles.